The van der Waals surface area contributed by atoms with E-state index in [1.165, 1.54) is 0 Å². The fraction of sp³-hybridized carbons (Fsp3) is 0.375. The number of rotatable bonds is 3. The highest BCUT2D eigenvalue weighted by Gasteiger charge is 2.08. The molecule has 0 saturated heterocycles. The van der Waals surface area contributed by atoms with Gasteiger partial charge in [0, 0.05) is 24.4 Å². The summed E-state index contributed by atoms with van der Waals surface area (Å²) in [7, 11) is 0. The lowest BCUT2D eigenvalue weighted by Gasteiger charge is -2.10. The lowest BCUT2D eigenvalue weighted by Crippen LogP contribution is -2.12. The van der Waals surface area contributed by atoms with Gasteiger partial charge in [0.25, 0.3) is 0 Å². The van der Waals surface area contributed by atoms with Crippen molar-refractivity contribution in [2.24, 2.45) is 5.73 Å². The zero-order chi connectivity index (χ0) is 8.97. The summed E-state index contributed by atoms with van der Waals surface area (Å²) >= 11 is 3.29. The molecule has 3 N–H and O–H groups in total. The Hall–Kier alpha value is -0.450. The largest absolute Gasteiger partial charge is 0.396 e. The second-order valence-corrected chi connectivity index (χ2v) is 3.25. The Bertz CT molecular complexity index is 255. The normalized spacial score (nSPS) is 12.9. The van der Waals surface area contributed by atoms with Gasteiger partial charge in [0.15, 0.2) is 0 Å². The van der Waals surface area contributed by atoms with Gasteiger partial charge in [0.05, 0.1) is 0 Å². The molecule has 3 nitrogen and oxygen atoms in total. The fourth-order valence-electron chi connectivity index (χ4n) is 0.970. The van der Waals surface area contributed by atoms with Crippen LogP contribution >= 0.6 is 15.9 Å². The van der Waals surface area contributed by atoms with Crippen LogP contribution in [0, 0.1) is 0 Å². The Morgan fingerprint density at radius 1 is 1.67 bits per heavy atom. The van der Waals surface area contributed by atoms with Gasteiger partial charge in [-0.25, -0.2) is 4.98 Å². The van der Waals surface area contributed by atoms with Crippen LogP contribution in [0.3, 0.4) is 0 Å². The van der Waals surface area contributed by atoms with Gasteiger partial charge < -0.3 is 10.8 Å². The third-order valence-corrected chi connectivity index (χ3v) is 2.29. The molecule has 66 valence electrons. The van der Waals surface area contributed by atoms with Crippen molar-refractivity contribution in [2.45, 2.75) is 12.5 Å². The van der Waals surface area contributed by atoms with Crippen molar-refractivity contribution < 1.29 is 5.11 Å². The molecular weight excluding hydrogens is 220 g/mol. The summed E-state index contributed by atoms with van der Waals surface area (Å²) in [6.07, 6.45) is 2.25. The van der Waals surface area contributed by atoms with E-state index in [2.05, 4.69) is 20.9 Å². The van der Waals surface area contributed by atoms with Gasteiger partial charge in [-0.2, -0.15) is 0 Å². The highest BCUT2D eigenvalue weighted by molar-refractivity contribution is 9.10. The quantitative estimate of drug-likeness (QED) is 0.769. The van der Waals surface area contributed by atoms with E-state index in [1.807, 2.05) is 12.1 Å². The van der Waals surface area contributed by atoms with E-state index >= 15 is 0 Å². The minimum atomic E-state index is -0.141. The van der Waals surface area contributed by atoms with Crippen LogP contribution in [0.5, 0.6) is 0 Å². The summed E-state index contributed by atoms with van der Waals surface area (Å²) in [5, 5.41) is 8.67. The molecule has 1 atom stereocenters. The number of hydrogen-bond acceptors (Lipinski definition) is 3. The molecule has 0 amide bonds. The summed E-state index contributed by atoms with van der Waals surface area (Å²) < 4.78 is 0.756. The second-order valence-electron chi connectivity index (χ2n) is 2.50. The second kappa shape index (κ2) is 4.54. The number of aliphatic hydroxyl groups is 1. The Labute approximate surface area is 79.7 Å². The first-order valence-corrected chi connectivity index (χ1v) is 4.52. The van der Waals surface area contributed by atoms with Crippen molar-refractivity contribution in [3.8, 4) is 0 Å². The van der Waals surface area contributed by atoms with Crippen molar-refractivity contribution in [1.82, 2.24) is 4.98 Å². The minimum Gasteiger partial charge on any atom is -0.396 e. The van der Waals surface area contributed by atoms with Crippen LogP contribution in [0.15, 0.2) is 22.9 Å². The first kappa shape index (κ1) is 9.64. The third kappa shape index (κ3) is 2.27. The number of halogens is 1. The maximum absolute atomic E-state index is 8.67. The monoisotopic (exact) mass is 230 g/mol. The molecule has 0 spiro atoms. The maximum Gasteiger partial charge on any atom is 0.110 e. The van der Waals surface area contributed by atoms with Gasteiger partial charge in [0.2, 0.25) is 0 Å². The Balaban J connectivity index is 2.79. The van der Waals surface area contributed by atoms with Gasteiger partial charge in [-0.15, -0.1) is 0 Å². The maximum atomic E-state index is 8.67. The summed E-state index contributed by atoms with van der Waals surface area (Å²) in [4.78, 5) is 4.04. The van der Waals surface area contributed by atoms with Crippen LogP contribution in [0.4, 0.5) is 0 Å². The van der Waals surface area contributed by atoms with Crippen molar-refractivity contribution in [3.63, 3.8) is 0 Å². The van der Waals surface area contributed by atoms with E-state index in [4.69, 9.17) is 10.8 Å². The van der Waals surface area contributed by atoms with Crippen LogP contribution in [0.25, 0.3) is 0 Å². The van der Waals surface area contributed by atoms with E-state index in [9.17, 15) is 0 Å². The van der Waals surface area contributed by atoms with Crippen LogP contribution in [0.1, 0.15) is 18.0 Å². The van der Waals surface area contributed by atoms with Crippen molar-refractivity contribution >= 4 is 15.9 Å². The SMILES string of the molecule is N[C@H](CCO)c1cccnc1Br. The molecule has 1 rings (SSSR count). The van der Waals surface area contributed by atoms with Gasteiger partial charge in [-0.1, -0.05) is 6.07 Å². The molecule has 4 heteroatoms. The lowest BCUT2D eigenvalue weighted by atomic mass is 10.1. The van der Waals surface area contributed by atoms with Gasteiger partial charge in [0.1, 0.15) is 4.60 Å². The smallest absolute Gasteiger partial charge is 0.110 e. The molecule has 0 radical (unpaired) electrons. The Morgan fingerprint density at radius 3 is 3.00 bits per heavy atom. The van der Waals surface area contributed by atoms with Crippen molar-refractivity contribution in [3.05, 3.63) is 28.5 Å². The number of aliphatic hydroxyl groups excluding tert-OH is 1. The van der Waals surface area contributed by atoms with Crippen LogP contribution in [0.2, 0.25) is 0 Å². The molecule has 0 fully saturated rings. The zero-order valence-corrected chi connectivity index (χ0v) is 8.16. The first-order chi connectivity index (χ1) is 5.75. The van der Waals surface area contributed by atoms with Gasteiger partial charge in [-0.05, 0) is 28.4 Å². The summed E-state index contributed by atoms with van der Waals surface area (Å²) in [6, 6.07) is 3.59. The predicted octanol–water partition coefficient (Wildman–Crippen LogP) is 1.23. The highest BCUT2D eigenvalue weighted by Crippen LogP contribution is 2.20. The molecule has 1 aromatic rings. The topological polar surface area (TPSA) is 59.1 Å². The zero-order valence-electron chi connectivity index (χ0n) is 6.57. The summed E-state index contributed by atoms with van der Waals surface area (Å²) in [6.45, 7) is 0.0997. The van der Waals surface area contributed by atoms with Crippen molar-refractivity contribution in [1.29, 1.82) is 0 Å². The molecule has 0 aliphatic rings. The summed E-state index contributed by atoms with van der Waals surface area (Å²) in [5.74, 6) is 0. The number of aromatic nitrogens is 1. The van der Waals surface area contributed by atoms with Crippen LogP contribution in [-0.2, 0) is 0 Å². The molecular formula is C8H11BrN2O. The average molecular weight is 231 g/mol. The fourth-order valence-corrected chi connectivity index (χ4v) is 1.51. The number of nitrogens with zero attached hydrogens (tertiary/aromatic N) is 1. The van der Waals surface area contributed by atoms with Crippen LogP contribution in [-0.4, -0.2) is 16.7 Å². The molecule has 0 aliphatic heterocycles. The first-order valence-electron chi connectivity index (χ1n) is 3.72. The minimum absolute atomic E-state index is 0.0997. The van der Waals surface area contributed by atoms with E-state index in [0.717, 1.165) is 10.2 Å². The van der Waals surface area contributed by atoms with Crippen molar-refractivity contribution in [2.75, 3.05) is 6.61 Å². The molecule has 0 unspecified atom stereocenters. The van der Waals surface area contributed by atoms with E-state index in [-0.39, 0.29) is 12.6 Å². The predicted molar refractivity (Wildman–Crippen MR) is 50.6 cm³/mol. The average Bonchev–Trinajstić information content (AvgIpc) is 2.05. The molecule has 0 saturated carbocycles. The molecule has 0 bridgehead atoms. The van der Waals surface area contributed by atoms with E-state index in [0.29, 0.717) is 6.42 Å². The number of pyridine rings is 1. The standard InChI is InChI=1S/C8H11BrN2O/c9-8-6(2-1-4-11-8)7(10)3-5-12/h1-2,4,7,12H,3,5,10H2/t7-/m1/s1. The van der Waals surface area contributed by atoms with E-state index in [1.54, 1.807) is 6.20 Å². The number of hydrogen-bond donors (Lipinski definition) is 2. The van der Waals surface area contributed by atoms with Gasteiger partial charge in [-0.3, -0.25) is 0 Å². The van der Waals surface area contributed by atoms with Gasteiger partial charge >= 0.3 is 0 Å². The third-order valence-electron chi connectivity index (χ3n) is 1.63. The molecule has 1 aromatic heterocycles. The molecule has 12 heavy (non-hydrogen) atoms. The van der Waals surface area contributed by atoms with Crippen LogP contribution < -0.4 is 5.73 Å². The summed E-state index contributed by atoms with van der Waals surface area (Å²) in [5.41, 5.74) is 6.71. The Morgan fingerprint density at radius 2 is 2.42 bits per heavy atom. The molecule has 1 heterocycles. The molecule has 0 aliphatic carbocycles. The highest BCUT2D eigenvalue weighted by atomic mass is 79.9. The van der Waals surface area contributed by atoms with E-state index < -0.39 is 0 Å². The molecule has 0 aromatic carbocycles. The lowest BCUT2D eigenvalue weighted by molar-refractivity contribution is 0.276. The number of nitrogens with two attached hydrogens (primary N) is 1. The Kier molecular flexibility index (Phi) is 3.65.